The highest BCUT2D eigenvalue weighted by Gasteiger charge is 2.32. The molecule has 0 aliphatic heterocycles. The summed E-state index contributed by atoms with van der Waals surface area (Å²) >= 11 is 0. The van der Waals surface area contributed by atoms with E-state index in [4.69, 9.17) is 0 Å². The average Bonchev–Trinajstić information content (AvgIpc) is 2.69. The number of hydrogen-bond acceptors (Lipinski definition) is 1. The average molecular weight is 251 g/mol. The molecule has 0 aromatic carbocycles. The van der Waals surface area contributed by atoms with E-state index in [9.17, 15) is 0 Å². The van der Waals surface area contributed by atoms with Crippen LogP contribution in [0.15, 0.2) is 0 Å². The third-order valence-electron chi connectivity index (χ3n) is 5.65. The summed E-state index contributed by atoms with van der Waals surface area (Å²) in [5.41, 5.74) is 0. The lowest BCUT2D eigenvalue weighted by Crippen LogP contribution is -2.42. The van der Waals surface area contributed by atoms with Crippen LogP contribution in [-0.2, 0) is 0 Å². The summed E-state index contributed by atoms with van der Waals surface area (Å²) in [6, 6.07) is 0.817. The summed E-state index contributed by atoms with van der Waals surface area (Å²) in [7, 11) is 2.21. The van der Waals surface area contributed by atoms with Gasteiger partial charge < -0.3 is 5.32 Å². The monoisotopic (exact) mass is 251 g/mol. The minimum absolute atomic E-state index is 0.817. The Bertz CT molecular complexity index is 218. The summed E-state index contributed by atoms with van der Waals surface area (Å²) in [6.07, 6.45) is 16.2. The van der Waals surface area contributed by atoms with Gasteiger partial charge in [0.2, 0.25) is 0 Å². The molecule has 0 spiro atoms. The zero-order chi connectivity index (χ0) is 12.8. The zero-order valence-corrected chi connectivity index (χ0v) is 12.6. The van der Waals surface area contributed by atoms with E-state index in [1.807, 2.05) is 0 Å². The molecule has 0 radical (unpaired) electrons. The van der Waals surface area contributed by atoms with E-state index >= 15 is 0 Å². The summed E-state index contributed by atoms with van der Waals surface area (Å²) in [4.78, 5) is 0. The van der Waals surface area contributed by atoms with Crippen LogP contribution in [0.1, 0.15) is 77.6 Å². The zero-order valence-electron chi connectivity index (χ0n) is 12.6. The van der Waals surface area contributed by atoms with Crippen LogP contribution in [0.25, 0.3) is 0 Å². The molecule has 1 nitrogen and oxygen atoms in total. The predicted octanol–water partition coefficient (Wildman–Crippen LogP) is 4.76. The van der Waals surface area contributed by atoms with Gasteiger partial charge in [-0.2, -0.15) is 0 Å². The summed E-state index contributed by atoms with van der Waals surface area (Å²) in [5.74, 6) is 2.96. The lowest BCUT2D eigenvalue weighted by Gasteiger charge is -2.38. The summed E-state index contributed by atoms with van der Waals surface area (Å²) < 4.78 is 0. The van der Waals surface area contributed by atoms with Gasteiger partial charge in [0.25, 0.3) is 0 Å². The number of nitrogens with one attached hydrogen (secondary N) is 1. The molecule has 2 aliphatic rings. The second kappa shape index (κ2) is 7.53. The Morgan fingerprint density at radius 1 is 0.889 bits per heavy atom. The SMILES string of the molecule is CCC1CCCC(C(NC)C2CCCCCC2)C1. The first-order valence-corrected chi connectivity index (χ1v) is 8.52. The van der Waals surface area contributed by atoms with Crippen molar-refractivity contribution in [3.05, 3.63) is 0 Å². The number of hydrogen-bond donors (Lipinski definition) is 1. The Kier molecular flexibility index (Phi) is 6.01. The van der Waals surface area contributed by atoms with Crippen LogP contribution in [0, 0.1) is 17.8 Å². The lowest BCUT2D eigenvalue weighted by molar-refractivity contribution is 0.164. The minimum Gasteiger partial charge on any atom is -0.316 e. The highest BCUT2D eigenvalue weighted by Crippen LogP contribution is 2.37. The van der Waals surface area contributed by atoms with Crippen molar-refractivity contribution < 1.29 is 0 Å². The molecule has 1 heteroatoms. The predicted molar refractivity (Wildman–Crippen MR) is 79.8 cm³/mol. The third-order valence-corrected chi connectivity index (χ3v) is 5.65. The smallest absolute Gasteiger partial charge is 0.0121 e. The van der Waals surface area contributed by atoms with E-state index in [0.29, 0.717) is 0 Å². The first kappa shape index (κ1) is 14.4. The second-order valence-electron chi connectivity index (χ2n) is 6.77. The van der Waals surface area contributed by atoms with E-state index in [-0.39, 0.29) is 0 Å². The fourth-order valence-electron chi connectivity index (χ4n) is 4.56. The van der Waals surface area contributed by atoms with Gasteiger partial charge in [-0.3, -0.25) is 0 Å². The van der Waals surface area contributed by atoms with Crippen molar-refractivity contribution in [3.8, 4) is 0 Å². The fraction of sp³-hybridized carbons (Fsp3) is 1.00. The quantitative estimate of drug-likeness (QED) is 0.710. The molecule has 0 amide bonds. The number of rotatable bonds is 4. The largest absolute Gasteiger partial charge is 0.316 e. The molecular formula is C17H33N. The topological polar surface area (TPSA) is 12.0 Å². The van der Waals surface area contributed by atoms with Crippen LogP contribution < -0.4 is 5.32 Å². The summed E-state index contributed by atoms with van der Waals surface area (Å²) in [5, 5.41) is 3.71. The van der Waals surface area contributed by atoms with Gasteiger partial charge in [0.15, 0.2) is 0 Å². The maximum atomic E-state index is 3.71. The van der Waals surface area contributed by atoms with Crippen molar-refractivity contribution in [2.75, 3.05) is 7.05 Å². The molecule has 3 unspecified atom stereocenters. The van der Waals surface area contributed by atoms with E-state index in [1.54, 1.807) is 0 Å². The Morgan fingerprint density at radius 2 is 1.56 bits per heavy atom. The van der Waals surface area contributed by atoms with E-state index in [2.05, 4.69) is 19.3 Å². The van der Waals surface area contributed by atoms with Crippen molar-refractivity contribution in [2.24, 2.45) is 17.8 Å². The standard InChI is InChI=1S/C17H33N/c1-3-14-9-8-12-16(13-14)17(18-2)15-10-6-4-5-7-11-15/h14-18H,3-13H2,1-2H3. The molecule has 18 heavy (non-hydrogen) atoms. The molecule has 3 atom stereocenters. The lowest BCUT2D eigenvalue weighted by atomic mass is 9.72. The van der Waals surface area contributed by atoms with Gasteiger partial charge in [0, 0.05) is 6.04 Å². The molecule has 2 saturated carbocycles. The molecule has 0 saturated heterocycles. The maximum Gasteiger partial charge on any atom is 0.0121 e. The van der Waals surface area contributed by atoms with Gasteiger partial charge in [-0.1, -0.05) is 51.9 Å². The molecule has 1 N–H and O–H groups in total. The molecular weight excluding hydrogens is 218 g/mol. The van der Waals surface area contributed by atoms with Crippen molar-refractivity contribution in [1.82, 2.24) is 5.32 Å². The van der Waals surface area contributed by atoms with Crippen LogP contribution >= 0.6 is 0 Å². The van der Waals surface area contributed by atoms with E-state index in [0.717, 1.165) is 23.8 Å². The van der Waals surface area contributed by atoms with Gasteiger partial charge in [-0.25, -0.2) is 0 Å². The maximum absolute atomic E-state index is 3.71. The van der Waals surface area contributed by atoms with Gasteiger partial charge in [0.1, 0.15) is 0 Å². The van der Waals surface area contributed by atoms with Gasteiger partial charge in [-0.05, 0) is 50.5 Å². The highest BCUT2D eigenvalue weighted by atomic mass is 14.9. The van der Waals surface area contributed by atoms with Crippen LogP contribution in [-0.4, -0.2) is 13.1 Å². The van der Waals surface area contributed by atoms with Crippen LogP contribution in [0.5, 0.6) is 0 Å². The molecule has 0 aromatic rings. The third kappa shape index (κ3) is 3.73. The molecule has 2 rings (SSSR count). The molecule has 0 aromatic heterocycles. The molecule has 106 valence electrons. The first-order chi connectivity index (χ1) is 8.85. The van der Waals surface area contributed by atoms with Crippen molar-refractivity contribution >= 4 is 0 Å². The van der Waals surface area contributed by atoms with E-state index < -0.39 is 0 Å². The van der Waals surface area contributed by atoms with Crippen molar-refractivity contribution in [2.45, 2.75) is 83.6 Å². The Labute approximate surface area is 114 Å². The first-order valence-electron chi connectivity index (χ1n) is 8.52. The molecule has 0 bridgehead atoms. The van der Waals surface area contributed by atoms with Crippen molar-refractivity contribution in [3.63, 3.8) is 0 Å². The normalized spacial score (nSPS) is 33.0. The van der Waals surface area contributed by atoms with Gasteiger partial charge >= 0.3 is 0 Å². The van der Waals surface area contributed by atoms with E-state index in [1.165, 1.54) is 70.6 Å². The van der Waals surface area contributed by atoms with Crippen LogP contribution in [0.3, 0.4) is 0 Å². The van der Waals surface area contributed by atoms with Gasteiger partial charge in [-0.15, -0.1) is 0 Å². The Hall–Kier alpha value is -0.0400. The fourth-order valence-corrected chi connectivity index (χ4v) is 4.56. The van der Waals surface area contributed by atoms with Gasteiger partial charge in [0.05, 0.1) is 0 Å². The van der Waals surface area contributed by atoms with Crippen LogP contribution in [0.2, 0.25) is 0 Å². The Balaban J connectivity index is 1.93. The Morgan fingerprint density at radius 3 is 2.17 bits per heavy atom. The van der Waals surface area contributed by atoms with Crippen LogP contribution in [0.4, 0.5) is 0 Å². The highest BCUT2D eigenvalue weighted by molar-refractivity contribution is 4.87. The molecule has 2 aliphatic carbocycles. The second-order valence-corrected chi connectivity index (χ2v) is 6.77. The van der Waals surface area contributed by atoms with Crippen molar-refractivity contribution in [1.29, 1.82) is 0 Å². The summed E-state index contributed by atoms with van der Waals surface area (Å²) in [6.45, 7) is 2.38. The minimum atomic E-state index is 0.817. The molecule has 2 fully saturated rings. The molecule has 0 heterocycles.